The van der Waals surface area contributed by atoms with Crippen LogP contribution in [0.25, 0.3) is 0 Å². The van der Waals surface area contributed by atoms with E-state index >= 15 is 0 Å². The van der Waals surface area contributed by atoms with Gasteiger partial charge in [-0.3, -0.25) is 4.79 Å². The monoisotopic (exact) mass is 329 g/mol. The van der Waals surface area contributed by atoms with Gasteiger partial charge in [0.05, 0.1) is 7.11 Å². The molecule has 0 saturated heterocycles. The summed E-state index contributed by atoms with van der Waals surface area (Å²) in [4.78, 5) is 11.2. The van der Waals surface area contributed by atoms with Crippen LogP contribution < -0.4 is 10.1 Å². The van der Waals surface area contributed by atoms with Crippen LogP contribution in [0.15, 0.2) is 22.7 Å². The van der Waals surface area contributed by atoms with Gasteiger partial charge in [-0.1, -0.05) is 35.8 Å². The molecule has 5 heteroatoms. The number of carboxylic acid groups (broad SMARTS) is 1. The topological polar surface area (TPSA) is 58.6 Å². The Morgan fingerprint density at radius 3 is 2.68 bits per heavy atom. The Labute approximate surface area is 122 Å². The Morgan fingerprint density at radius 2 is 2.16 bits per heavy atom. The molecule has 0 spiro atoms. The van der Waals surface area contributed by atoms with Gasteiger partial charge >= 0.3 is 5.97 Å². The first-order chi connectivity index (χ1) is 8.93. The summed E-state index contributed by atoms with van der Waals surface area (Å²) in [5, 5.41) is 12.2. The molecule has 0 saturated carbocycles. The maximum absolute atomic E-state index is 11.2. The average molecular weight is 330 g/mol. The van der Waals surface area contributed by atoms with Crippen molar-refractivity contribution >= 4 is 21.9 Å². The molecule has 4 nitrogen and oxygen atoms in total. The van der Waals surface area contributed by atoms with Gasteiger partial charge in [0.25, 0.3) is 0 Å². The van der Waals surface area contributed by atoms with E-state index in [0.29, 0.717) is 18.9 Å². The number of ether oxygens (including phenoxy) is 1. The van der Waals surface area contributed by atoms with Crippen LogP contribution in [0.2, 0.25) is 0 Å². The Bertz CT molecular complexity index is 435. The maximum atomic E-state index is 11.2. The lowest BCUT2D eigenvalue weighted by molar-refractivity contribution is -0.140. The lowest BCUT2D eigenvalue weighted by Crippen LogP contribution is -2.37. The Morgan fingerprint density at radius 1 is 1.47 bits per heavy atom. The molecule has 0 aliphatic rings. The summed E-state index contributed by atoms with van der Waals surface area (Å²) >= 11 is 3.38. The predicted molar refractivity (Wildman–Crippen MR) is 78.4 cm³/mol. The summed E-state index contributed by atoms with van der Waals surface area (Å²) in [6.07, 6.45) is 0.605. The quantitative estimate of drug-likeness (QED) is 0.807. The number of aliphatic carboxylic acids is 1. The molecule has 1 rings (SSSR count). The molecule has 1 aromatic rings. The molecule has 2 N–H and O–H groups in total. The normalized spacial score (nSPS) is 12.5. The second kappa shape index (κ2) is 7.50. The van der Waals surface area contributed by atoms with Gasteiger partial charge in [-0.05, 0) is 24.5 Å². The SMILES string of the molecule is COc1cc(Br)ccc1CN[C@H](CC(C)C)C(=O)O. The van der Waals surface area contributed by atoms with E-state index < -0.39 is 12.0 Å². The molecule has 0 amide bonds. The third-order valence-corrected chi connectivity index (χ3v) is 3.29. The van der Waals surface area contributed by atoms with Crippen LogP contribution in [0.5, 0.6) is 5.75 Å². The molecule has 0 radical (unpaired) electrons. The maximum Gasteiger partial charge on any atom is 0.320 e. The fourth-order valence-electron chi connectivity index (χ4n) is 1.84. The number of methoxy groups -OCH3 is 1. The number of nitrogens with one attached hydrogen (secondary N) is 1. The molecule has 0 aliphatic heterocycles. The summed E-state index contributed by atoms with van der Waals surface area (Å²) in [6.45, 7) is 4.50. The molecular formula is C14H20BrNO3. The van der Waals surface area contributed by atoms with Gasteiger partial charge < -0.3 is 15.2 Å². The van der Waals surface area contributed by atoms with Crippen LogP contribution in [0, 0.1) is 5.92 Å². The van der Waals surface area contributed by atoms with Crippen LogP contribution in [-0.2, 0) is 11.3 Å². The average Bonchev–Trinajstić information content (AvgIpc) is 2.34. The number of carbonyl (C=O) groups is 1. The zero-order valence-corrected chi connectivity index (χ0v) is 13.0. The van der Waals surface area contributed by atoms with Gasteiger partial charge in [-0.25, -0.2) is 0 Å². The van der Waals surface area contributed by atoms with E-state index in [4.69, 9.17) is 9.84 Å². The smallest absolute Gasteiger partial charge is 0.320 e. The van der Waals surface area contributed by atoms with Crippen LogP contribution in [-0.4, -0.2) is 24.2 Å². The standard InChI is InChI=1S/C14H20BrNO3/c1-9(2)6-12(14(17)18)16-8-10-4-5-11(15)7-13(10)19-3/h4-5,7,9,12,16H,6,8H2,1-3H3,(H,17,18)/t12-/m1/s1. The van der Waals surface area contributed by atoms with Gasteiger partial charge in [-0.2, -0.15) is 0 Å². The summed E-state index contributed by atoms with van der Waals surface area (Å²) in [6, 6.07) is 5.17. The van der Waals surface area contributed by atoms with Crippen molar-refractivity contribution in [2.24, 2.45) is 5.92 Å². The van der Waals surface area contributed by atoms with E-state index in [2.05, 4.69) is 21.2 Å². The molecule has 0 bridgehead atoms. The molecular weight excluding hydrogens is 310 g/mol. The molecule has 0 heterocycles. The van der Waals surface area contributed by atoms with Crippen molar-refractivity contribution in [1.29, 1.82) is 0 Å². The third kappa shape index (κ3) is 5.20. The van der Waals surface area contributed by atoms with Gasteiger partial charge in [0, 0.05) is 16.6 Å². The zero-order valence-electron chi connectivity index (χ0n) is 11.4. The summed E-state index contributed by atoms with van der Waals surface area (Å²) < 4.78 is 6.22. The van der Waals surface area contributed by atoms with Crippen molar-refractivity contribution in [2.75, 3.05) is 7.11 Å². The lowest BCUT2D eigenvalue weighted by atomic mass is 10.0. The largest absolute Gasteiger partial charge is 0.496 e. The molecule has 1 aromatic carbocycles. The van der Waals surface area contributed by atoms with E-state index in [0.717, 1.165) is 15.8 Å². The summed E-state index contributed by atoms with van der Waals surface area (Å²) in [5.74, 6) is 0.265. The van der Waals surface area contributed by atoms with Crippen molar-refractivity contribution in [1.82, 2.24) is 5.32 Å². The molecule has 0 aliphatic carbocycles. The minimum Gasteiger partial charge on any atom is -0.496 e. The third-order valence-electron chi connectivity index (χ3n) is 2.79. The highest BCUT2D eigenvalue weighted by molar-refractivity contribution is 9.10. The number of hydrogen-bond donors (Lipinski definition) is 2. The number of benzene rings is 1. The molecule has 0 fully saturated rings. The number of rotatable bonds is 7. The number of halogens is 1. The molecule has 1 atom stereocenters. The van der Waals surface area contributed by atoms with Crippen LogP contribution in [0.3, 0.4) is 0 Å². The van der Waals surface area contributed by atoms with Gasteiger partial charge in [0.1, 0.15) is 11.8 Å². The van der Waals surface area contributed by atoms with Crippen molar-refractivity contribution in [3.8, 4) is 5.75 Å². The van der Waals surface area contributed by atoms with Gasteiger partial charge in [-0.15, -0.1) is 0 Å². The van der Waals surface area contributed by atoms with Crippen LogP contribution >= 0.6 is 15.9 Å². The first-order valence-electron chi connectivity index (χ1n) is 6.22. The lowest BCUT2D eigenvalue weighted by Gasteiger charge is -2.17. The van der Waals surface area contributed by atoms with Crippen molar-refractivity contribution in [3.63, 3.8) is 0 Å². The van der Waals surface area contributed by atoms with E-state index in [1.165, 1.54) is 0 Å². The van der Waals surface area contributed by atoms with Crippen molar-refractivity contribution < 1.29 is 14.6 Å². The Balaban J connectivity index is 2.71. The van der Waals surface area contributed by atoms with Crippen LogP contribution in [0.1, 0.15) is 25.8 Å². The van der Waals surface area contributed by atoms with E-state index in [9.17, 15) is 4.79 Å². The highest BCUT2D eigenvalue weighted by Crippen LogP contribution is 2.23. The second-order valence-corrected chi connectivity index (χ2v) is 5.77. The fourth-order valence-corrected chi connectivity index (χ4v) is 2.18. The number of hydrogen-bond acceptors (Lipinski definition) is 3. The van der Waals surface area contributed by atoms with Gasteiger partial charge in [0.15, 0.2) is 0 Å². The fraction of sp³-hybridized carbons (Fsp3) is 0.500. The van der Waals surface area contributed by atoms with Crippen molar-refractivity contribution in [2.45, 2.75) is 32.9 Å². The van der Waals surface area contributed by atoms with E-state index in [1.54, 1.807) is 7.11 Å². The Kier molecular flexibility index (Phi) is 6.31. The van der Waals surface area contributed by atoms with E-state index in [-0.39, 0.29) is 0 Å². The zero-order chi connectivity index (χ0) is 14.4. The van der Waals surface area contributed by atoms with Crippen molar-refractivity contribution in [3.05, 3.63) is 28.2 Å². The van der Waals surface area contributed by atoms with Gasteiger partial charge in [0.2, 0.25) is 0 Å². The van der Waals surface area contributed by atoms with Crippen LogP contribution in [0.4, 0.5) is 0 Å². The van der Waals surface area contributed by atoms with E-state index in [1.807, 2.05) is 32.0 Å². The molecule has 0 aromatic heterocycles. The minimum atomic E-state index is -0.815. The molecule has 19 heavy (non-hydrogen) atoms. The Hall–Kier alpha value is -1.07. The summed E-state index contributed by atoms with van der Waals surface area (Å²) in [5.41, 5.74) is 0.945. The first kappa shape index (κ1) is 16.0. The molecule has 0 unspecified atom stereocenters. The molecule has 106 valence electrons. The number of carboxylic acids is 1. The highest BCUT2D eigenvalue weighted by atomic mass is 79.9. The first-order valence-corrected chi connectivity index (χ1v) is 7.02. The summed E-state index contributed by atoms with van der Waals surface area (Å²) in [7, 11) is 1.61. The highest BCUT2D eigenvalue weighted by Gasteiger charge is 2.18. The predicted octanol–water partition coefficient (Wildman–Crippen LogP) is 3.05. The minimum absolute atomic E-state index is 0.334. The second-order valence-electron chi connectivity index (χ2n) is 4.86.